The number of hydrogen-bond acceptors (Lipinski definition) is 7. The van der Waals surface area contributed by atoms with Crippen molar-refractivity contribution >= 4 is 74.0 Å². The van der Waals surface area contributed by atoms with Gasteiger partial charge in [-0.2, -0.15) is 0 Å². The third-order valence-corrected chi connectivity index (χ3v) is 6.64. The Bertz CT molecular complexity index is 1400. The minimum atomic E-state index is -3.94. The van der Waals surface area contributed by atoms with Gasteiger partial charge in [0.15, 0.2) is 0 Å². The summed E-state index contributed by atoms with van der Waals surface area (Å²) < 4.78 is 27.2. The topological polar surface area (TPSA) is 121 Å². The van der Waals surface area contributed by atoms with Gasteiger partial charge in [0, 0.05) is 23.1 Å². The molecular formula is C20H12Cl3N5O4S. The molecule has 0 saturated carbocycles. The fourth-order valence-electron chi connectivity index (χ4n) is 2.89. The van der Waals surface area contributed by atoms with E-state index in [0.717, 1.165) is 4.90 Å². The van der Waals surface area contributed by atoms with E-state index in [0.29, 0.717) is 10.7 Å². The van der Waals surface area contributed by atoms with Gasteiger partial charge in [-0.3, -0.25) is 9.59 Å². The van der Waals surface area contributed by atoms with Crippen LogP contribution < -0.4 is 14.9 Å². The molecule has 1 aliphatic heterocycles. The number of carbonyl (C=O) groups is 2. The highest BCUT2D eigenvalue weighted by molar-refractivity contribution is 7.92. The lowest BCUT2D eigenvalue weighted by Crippen LogP contribution is -2.32. The van der Waals surface area contributed by atoms with Gasteiger partial charge < -0.3 is 5.32 Å². The maximum atomic E-state index is 12.9. The molecule has 33 heavy (non-hydrogen) atoms. The van der Waals surface area contributed by atoms with Crippen molar-refractivity contribution in [3.05, 3.63) is 81.7 Å². The van der Waals surface area contributed by atoms with E-state index in [-0.39, 0.29) is 32.3 Å². The summed E-state index contributed by atoms with van der Waals surface area (Å²) in [6, 6.07) is 11.3. The third kappa shape index (κ3) is 4.64. The SMILES string of the molecule is O=C1C(Cl)=C(Nc2ccc(S(=O)(=O)Nc3ncccn3)cc2)C(=O)N1c1ccc(Cl)cc1Cl. The predicted molar refractivity (Wildman–Crippen MR) is 125 cm³/mol. The summed E-state index contributed by atoms with van der Waals surface area (Å²) >= 11 is 18.1. The van der Waals surface area contributed by atoms with Crippen LogP contribution in [-0.2, 0) is 19.6 Å². The average Bonchev–Trinajstić information content (AvgIpc) is 2.98. The van der Waals surface area contributed by atoms with Gasteiger partial charge in [0.05, 0.1) is 15.6 Å². The molecule has 1 aliphatic rings. The second kappa shape index (κ2) is 8.99. The first-order valence-electron chi connectivity index (χ1n) is 9.08. The summed E-state index contributed by atoms with van der Waals surface area (Å²) in [5, 5.41) is 2.85. The third-order valence-electron chi connectivity index (χ3n) is 4.40. The Morgan fingerprint density at radius 3 is 2.18 bits per heavy atom. The monoisotopic (exact) mass is 523 g/mol. The van der Waals surface area contributed by atoms with Crippen molar-refractivity contribution in [2.45, 2.75) is 4.90 Å². The zero-order chi connectivity index (χ0) is 23.8. The van der Waals surface area contributed by atoms with Gasteiger partial charge in [0.25, 0.3) is 21.8 Å². The summed E-state index contributed by atoms with van der Waals surface area (Å²) in [5.41, 5.74) is 0.268. The Morgan fingerprint density at radius 2 is 1.55 bits per heavy atom. The number of anilines is 3. The van der Waals surface area contributed by atoms with Crippen LogP contribution >= 0.6 is 34.8 Å². The number of benzene rings is 2. The fourth-order valence-corrected chi connectivity index (χ4v) is 4.55. The molecule has 2 N–H and O–H groups in total. The van der Waals surface area contributed by atoms with Crippen molar-refractivity contribution in [2.75, 3.05) is 14.9 Å². The van der Waals surface area contributed by atoms with Gasteiger partial charge >= 0.3 is 0 Å². The number of nitrogens with zero attached hydrogens (tertiary/aromatic N) is 3. The second-order valence-electron chi connectivity index (χ2n) is 6.56. The van der Waals surface area contributed by atoms with Crippen LogP contribution in [0, 0.1) is 0 Å². The predicted octanol–water partition coefficient (Wildman–Crippen LogP) is 4.02. The number of amides is 2. The summed E-state index contributed by atoms with van der Waals surface area (Å²) in [6.45, 7) is 0. The highest BCUT2D eigenvalue weighted by atomic mass is 35.5. The lowest BCUT2D eigenvalue weighted by molar-refractivity contribution is -0.120. The van der Waals surface area contributed by atoms with E-state index >= 15 is 0 Å². The lowest BCUT2D eigenvalue weighted by atomic mass is 10.3. The molecule has 0 radical (unpaired) electrons. The molecule has 0 fully saturated rings. The van der Waals surface area contributed by atoms with Crippen LogP contribution in [0.3, 0.4) is 0 Å². The van der Waals surface area contributed by atoms with Gasteiger partial charge in [0.1, 0.15) is 10.7 Å². The van der Waals surface area contributed by atoms with E-state index in [1.807, 2.05) is 0 Å². The number of rotatable bonds is 6. The zero-order valence-corrected chi connectivity index (χ0v) is 19.4. The Kier molecular flexibility index (Phi) is 6.26. The summed E-state index contributed by atoms with van der Waals surface area (Å²) in [5.74, 6) is -1.57. The van der Waals surface area contributed by atoms with E-state index in [4.69, 9.17) is 34.8 Å². The van der Waals surface area contributed by atoms with Crippen molar-refractivity contribution in [1.82, 2.24) is 9.97 Å². The van der Waals surface area contributed by atoms with Crippen LogP contribution in [-0.4, -0.2) is 30.2 Å². The zero-order valence-electron chi connectivity index (χ0n) is 16.3. The van der Waals surface area contributed by atoms with E-state index in [1.54, 1.807) is 6.07 Å². The van der Waals surface area contributed by atoms with Crippen molar-refractivity contribution in [3.63, 3.8) is 0 Å². The molecule has 2 amide bonds. The van der Waals surface area contributed by atoms with Crippen LogP contribution in [0.15, 0.2) is 76.5 Å². The first-order valence-corrected chi connectivity index (χ1v) is 11.7. The molecule has 13 heteroatoms. The lowest BCUT2D eigenvalue weighted by Gasteiger charge is -2.16. The molecule has 0 bridgehead atoms. The van der Waals surface area contributed by atoms with Crippen molar-refractivity contribution < 1.29 is 18.0 Å². The highest BCUT2D eigenvalue weighted by Gasteiger charge is 2.39. The number of hydrogen-bond donors (Lipinski definition) is 2. The Morgan fingerprint density at radius 1 is 0.879 bits per heavy atom. The number of sulfonamides is 1. The molecule has 4 rings (SSSR count). The Hall–Kier alpha value is -3.18. The van der Waals surface area contributed by atoms with Gasteiger partial charge in [0.2, 0.25) is 5.95 Å². The number of nitrogens with one attached hydrogen (secondary N) is 2. The molecule has 0 atom stereocenters. The Balaban J connectivity index is 1.54. The smallest absolute Gasteiger partial charge is 0.283 e. The first kappa shape index (κ1) is 23.0. The van der Waals surface area contributed by atoms with E-state index in [2.05, 4.69) is 20.0 Å². The molecule has 2 aromatic carbocycles. The van der Waals surface area contributed by atoms with Gasteiger partial charge in [-0.15, -0.1) is 0 Å². The van der Waals surface area contributed by atoms with Gasteiger partial charge in [-0.25, -0.2) is 28.0 Å². The van der Waals surface area contributed by atoms with E-state index in [1.165, 1.54) is 54.9 Å². The quantitative estimate of drug-likeness (QED) is 0.467. The maximum Gasteiger partial charge on any atom is 0.283 e. The summed E-state index contributed by atoms with van der Waals surface area (Å²) in [7, 11) is -3.94. The summed E-state index contributed by atoms with van der Waals surface area (Å²) in [4.78, 5) is 33.9. The number of aromatic nitrogens is 2. The maximum absolute atomic E-state index is 12.9. The van der Waals surface area contributed by atoms with Crippen molar-refractivity contribution in [2.24, 2.45) is 0 Å². The van der Waals surface area contributed by atoms with Crippen molar-refractivity contribution in [3.8, 4) is 0 Å². The molecule has 2 heterocycles. The average molecular weight is 525 g/mol. The van der Waals surface area contributed by atoms with Crippen LogP contribution in [0.5, 0.6) is 0 Å². The fraction of sp³-hybridized carbons (Fsp3) is 0. The number of carbonyl (C=O) groups excluding carboxylic acids is 2. The highest BCUT2D eigenvalue weighted by Crippen LogP contribution is 2.35. The number of halogens is 3. The molecule has 0 saturated heterocycles. The molecule has 0 spiro atoms. The van der Waals surface area contributed by atoms with Gasteiger partial charge in [-0.05, 0) is 48.5 Å². The molecule has 0 aliphatic carbocycles. The molecule has 1 aromatic heterocycles. The normalized spacial score (nSPS) is 14.1. The molecular weight excluding hydrogens is 513 g/mol. The van der Waals surface area contributed by atoms with Crippen LogP contribution in [0.25, 0.3) is 0 Å². The van der Waals surface area contributed by atoms with Crippen LogP contribution in [0.1, 0.15) is 0 Å². The minimum absolute atomic E-state index is 0.0658. The number of imide groups is 1. The molecule has 0 unspecified atom stereocenters. The van der Waals surface area contributed by atoms with Gasteiger partial charge in [-0.1, -0.05) is 34.8 Å². The van der Waals surface area contributed by atoms with Crippen LogP contribution in [0.2, 0.25) is 10.0 Å². The van der Waals surface area contributed by atoms with E-state index in [9.17, 15) is 18.0 Å². The second-order valence-corrected chi connectivity index (χ2v) is 9.46. The van der Waals surface area contributed by atoms with Crippen molar-refractivity contribution in [1.29, 1.82) is 0 Å². The molecule has 9 nitrogen and oxygen atoms in total. The van der Waals surface area contributed by atoms with Crippen LogP contribution in [0.4, 0.5) is 17.3 Å². The van der Waals surface area contributed by atoms with E-state index < -0.39 is 21.8 Å². The Labute approximate surface area is 203 Å². The minimum Gasteiger partial charge on any atom is -0.350 e. The molecule has 3 aromatic rings. The largest absolute Gasteiger partial charge is 0.350 e. The first-order chi connectivity index (χ1) is 15.7. The standard InChI is InChI=1S/C20H12Cl3N5O4S/c21-11-2-7-15(14(22)10-11)28-18(29)16(23)17(19(28)30)26-12-3-5-13(6-4-12)33(31,32)27-20-24-8-1-9-25-20/h1-10,26H,(H,24,25,27). The summed E-state index contributed by atoms with van der Waals surface area (Å²) in [6.07, 6.45) is 2.80. The molecule has 168 valence electrons.